The second-order valence-corrected chi connectivity index (χ2v) is 4.73. The van der Waals surface area contributed by atoms with Crippen LogP contribution in [-0.2, 0) is 7.05 Å². The third-order valence-electron chi connectivity index (χ3n) is 3.23. The molecular weight excluding hydrogens is 250 g/mol. The highest BCUT2D eigenvalue weighted by molar-refractivity contribution is 5.87. The molecule has 0 amide bonds. The quantitative estimate of drug-likeness (QED) is 0.772. The summed E-state index contributed by atoms with van der Waals surface area (Å²) in [6.07, 6.45) is 4.99. The standard InChI is InChI=1S/C15H15N5/c1-10-4-3-5-11(6-10)13-14(19-20(2)15(13)16)12-7-17-9-18-8-12/h3-9H,16H2,1-2H3. The number of aromatic nitrogens is 4. The maximum atomic E-state index is 6.18. The molecule has 0 unspecified atom stereocenters. The fourth-order valence-corrected chi connectivity index (χ4v) is 2.25. The van der Waals surface area contributed by atoms with E-state index in [-0.39, 0.29) is 0 Å². The van der Waals surface area contributed by atoms with Crippen LogP contribution in [0.2, 0.25) is 0 Å². The van der Waals surface area contributed by atoms with Crippen LogP contribution in [-0.4, -0.2) is 19.7 Å². The van der Waals surface area contributed by atoms with E-state index < -0.39 is 0 Å². The Bertz CT molecular complexity index is 746. The van der Waals surface area contributed by atoms with E-state index in [1.165, 1.54) is 11.9 Å². The monoisotopic (exact) mass is 265 g/mol. The van der Waals surface area contributed by atoms with Crippen molar-refractivity contribution < 1.29 is 0 Å². The van der Waals surface area contributed by atoms with Gasteiger partial charge in [-0.15, -0.1) is 0 Å². The van der Waals surface area contributed by atoms with Crippen molar-refractivity contribution in [3.63, 3.8) is 0 Å². The van der Waals surface area contributed by atoms with Gasteiger partial charge in [-0.25, -0.2) is 9.97 Å². The average Bonchev–Trinajstić information content (AvgIpc) is 2.76. The molecule has 100 valence electrons. The molecule has 3 rings (SSSR count). The number of hydrogen-bond acceptors (Lipinski definition) is 4. The summed E-state index contributed by atoms with van der Waals surface area (Å²) in [7, 11) is 1.84. The van der Waals surface area contributed by atoms with Gasteiger partial charge in [0.2, 0.25) is 0 Å². The summed E-state index contributed by atoms with van der Waals surface area (Å²) in [5.41, 5.74) is 11.0. The number of nitrogens with two attached hydrogens (primary N) is 1. The van der Waals surface area contributed by atoms with E-state index in [4.69, 9.17) is 5.73 Å². The zero-order valence-electron chi connectivity index (χ0n) is 11.4. The Morgan fingerprint density at radius 1 is 1.10 bits per heavy atom. The molecule has 0 saturated carbocycles. The lowest BCUT2D eigenvalue weighted by atomic mass is 10.0. The van der Waals surface area contributed by atoms with Crippen molar-refractivity contribution in [2.75, 3.05) is 5.73 Å². The van der Waals surface area contributed by atoms with Crippen molar-refractivity contribution in [3.8, 4) is 22.4 Å². The van der Waals surface area contributed by atoms with Crippen LogP contribution in [0.3, 0.4) is 0 Å². The number of benzene rings is 1. The van der Waals surface area contributed by atoms with Crippen LogP contribution in [0.4, 0.5) is 5.82 Å². The van der Waals surface area contributed by atoms with Crippen LogP contribution >= 0.6 is 0 Å². The fraction of sp³-hybridized carbons (Fsp3) is 0.133. The Kier molecular flexibility index (Phi) is 2.95. The van der Waals surface area contributed by atoms with Gasteiger partial charge < -0.3 is 5.73 Å². The van der Waals surface area contributed by atoms with Gasteiger partial charge in [0.15, 0.2) is 0 Å². The SMILES string of the molecule is Cc1cccc(-c2c(-c3cncnc3)nn(C)c2N)c1. The second-order valence-electron chi connectivity index (χ2n) is 4.73. The Balaban J connectivity index is 2.25. The van der Waals surface area contributed by atoms with Crippen molar-refractivity contribution in [3.05, 3.63) is 48.5 Å². The summed E-state index contributed by atoms with van der Waals surface area (Å²) in [4.78, 5) is 8.10. The molecule has 2 aromatic heterocycles. The van der Waals surface area contributed by atoms with Gasteiger partial charge in [0.05, 0.1) is 5.56 Å². The average molecular weight is 265 g/mol. The first-order valence-corrected chi connectivity index (χ1v) is 6.31. The number of anilines is 1. The Morgan fingerprint density at radius 2 is 1.85 bits per heavy atom. The molecule has 20 heavy (non-hydrogen) atoms. The van der Waals surface area contributed by atoms with Crippen molar-refractivity contribution in [1.29, 1.82) is 0 Å². The molecule has 5 nitrogen and oxygen atoms in total. The molecule has 0 aliphatic heterocycles. The maximum absolute atomic E-state index is 6.18. The summed E-state index contributed by atoms with van der Waals surface area (Å²) in [6.45, 7) is 2.06. The molecular formula is C15H15N5. The van der Waals surface area contributed by atoms with E-state index in [2.05, 4.69) is 34.1 Å². The molecule has 0 fully saturated rings. The summed E-state index contributed by atoms with van der Waals surface area (Å²) < 4.78 is 1.68. The Hall–Kier alpha value is -2.69. The second kappa shape index (κ2) is 4.77. The molecule has 0 aliphatic rings. The van der Waals surface area contributed by atoms with Gasteiger partial charge in [-0.3, -0.25) is 4.68 Å². The summed E-state index contributed by atoms with van der Waals surface area (Å²) in [5, 5.41) is 4.50. The molecule has 0 atom stereocenters. The number of hydrogen-bond donors (Lipinski definition) is 1. The van der Waals surface area contributed by atoms with Gasteiger partial charge in [-0.1, -0.05) is 29.8 Å². The first kappa shape index (κ1) is 12.3. The van der Waals surface area contributed by atoms with Crippen molar-refractivity contribution >= 4 is 5.82 Å². The Labute approximate surface area is 117 Å². The van der Waals surface area contributed by atoms with Crippen LogP contribution < -0.4 is 5.73 Å². The highest BCUT2D eigenvalue weighted by Crippen LogP contribution is 2.35. The lowest BCUT2D eigenvalue weighted by molar-refractivity contribution is 0.782. The minimum Gasteiger partial charge on any atom is -0.383 e. The predicted octanol–water partition coefficient (Wildman–Crippen LogP) is 2.43. The molecule has 0 radical (unpaired) electrons. The number of nitrogens with zero attached hydrogens (tertiary/aromatic N) is 4. The largest absolute Gasteiger partial charge is 0.383 e. The zero-order chi connectivity index (χ0) is 14.1. The lowest BCUT2D eigenvalue weighted by Gasteiger charge is -2.05. The van der Waals surface area contributed by atoms with E-state index in [0.717, 1.165) is 22.4 Å². The van der Waals surface area contributed by atoms with E-state index in [9.17, 15) is 0 Å². The number of nitrogen functional groups attached to an aromatic ring is 1. The molecule has 0 spiro atoms. The highest BCUT2D eigenvalue weighted by Gasteiger charge is 2.17. The van der Waals surface area contributed by atoms with Gasteiger partial charge >= 0.3 is 0 Å². The smallest absolute Gasteiger partial charge is 0.129 e. The molecule has 0 saturated heterocycles. The molecule has 2 N–H and O–H groups in total. The van der Waals surface area contributed by atoms with Gasteiger partial charge in [0.1, 0.15) is 17.8 Å². The van der Waals surface area contributed by atoms with Crippen LogP contribution in [0.15, 0.2) is 43.0 Å². The minimum absolute atomic E-state index is 0.634. The van der Waals surface area contributed by atoms with Crippen LogP contribution in [0.1, 0.15) is 5.56 Å². The van der Waals surface area contributed by atoms with Crippen molar-refractivity contribution in [2.45, 2.75) is 6.92 Å². The molecule has 0 aliphatic carbocycles. The Morgan fingerprint density at radius 3 is 2.55 bits per heavy atom. The van der Waals surface area contributed by atoms with E-state index in [1.54, 1.807) is 17.1 Å². The van der Waals surface area contributed by atoms with Gasteiger partial charge in [-0.05, 0) is 12.5 Å². The van der Waals surface area contributed by atoms with Crippen molar-refractivity contribution in [2.24, 2.45) is 7.05 Å². The van der Waals surface area contributed by atoms with Gasteiger partial charge in [0, 0.05) is 25.0 Å². The third-order valence-corrected chi connectivity index (χ3v) is 3.23. The number of rotatable bonds is 2. The number of aryl methyl sites for hydroxylation is 2. The summed E-state index contributed by atoms with van der Waals surface area (Å²) in [6, 6.07) is 8.21. The van der Waals surface area contributed by atoms with E-state index in [1.807, 2.05) is 19.2 Å². The normalized spacial score (nSPS) is 10.7. The van der Waals surface area contributed by atoms with Crippen LogP contribution in [0.25, 0.3) is 22.4 Å². The van der Waals surface area contributed by atoms with Crippen molar-refractivity contribution in [1.82, 2.24) is 19.7 Å². The molecule has 3 aromatic rings. The first-order chi connectivity index (χ1) is 9.66. The van der Waals surface area contributed by atoms with E-state index >= 15 is 0 Å². The highest BCUT2D eigenvalue weighted by atomic mass is 15.3. The van der Waals surface area contributed by atoms with Gasteiger partial charge in [0.25, 0.3) is 0 Å². The topological polar surface area (TPSA) is 69.6 Å². The van der Waals surface area contributed by atoms with E-state index in [0.29, 0.717) is 5.82 Å². The molecule has 5 heteroatoms. The maximum Gasteiger partial charge on any atom is 0.129 e. The summed E-state index contributed by atoms with van der Waals surface area (Å²) >= 11 is 0. The minimum atomic E-state index is 0.634. The molecule has 2 heterocycles. The lowest BCUT2D eigenvalue weighted by Crippen LogP contribution is -1.98. The zero-order valence-corrected chi connectivity index (χ0v) is 11.4. The third kappa shape index (κ3) is 2.03. The van der Waals surface area contributed by atoms with Crippen LogP contribution in [0, 0.1) is 6.92 Å². The van der Waals surface area contributed by atoms with Crippen LogP contribution in [0.5, 0.6) is 0 Å². The molecule has 1 aromatic carbocycles. The summed E-state index contributed by atoms with van der Waals surface area (Å²) in [5.74, 6) is 0.634. The van der Waals surface area contributed by atoms with Gasteiger partial charge in [-0.2, -0.15) is 5.10 Å². The predicted molar refractivity (Wildman–Crippen MR) is 78.8 cm³/mol. The first-order valence-electron chi connectivity index (χ1n) is 6.31. The fourth-order valence-electron chi connectivity index (χ4n) is 2.25. The molecule has 0 bridgehead atoms.